The lowest BCUT2D eigenvalue weighted by Crippen LogP contribution is -2.20. The van der Waals surface area contributed by atoms with Crippen LogP contribution < -0.4 is 5.32 Å². The van der Waals surface area contributed by atoms with Crippen LogP contribution in [-0.4, -0.2) is 23.6 Å². The molecule has 0 aliphatic carbocycles. The van der Waals surface area contributed by atoms with Gasteiger partial charge >= 0.3 is 0 Å². The number of hydrogen-bond acceptors (Lipinski definition) is 4. The van der Waals surface area contributed by atoms with Gasteiger partial charge in [-0.3, -0.25) is 10.1 Å². The molecule has 5 heteroatoms. The Kier molecular flexibility index (Phi) is 4.65. The number of benzene rings is 1. The number of nitrogens with one attached hydrogen (secondary N) is 1. The number of nitrogens with zero attached hydrogens (tertiary/aromatic N) is 1. The number of hydrogen-bond donors (Lipinski definition) is 1. The van der Waals surface area contributed by atoms with Crippen molar-refractivity contribution in [2.24, 2.45) is 0 Å². The Hall–Kier alpha value is -1.72. The smallest absolute Gasteiger partial charge is 0.252 e. The number of aromatic nitrogens is 1. The van der Waals surface area contributed by atoms with Crippen molar-refractivity contribution in [2.75, 3.05) is 11.9 Å². The predicted molar refractivity (Wildman–Crippen MR) is 77.3 cm³/mol. The molecule has 19 heavy (non-hydrogen) atoms. The maximum absolute atomic E-state index is 11.6. The first-order valence-corrected chi connectivity index (χ1v) is 6.95. The first kappa shape index (κ1) is 13.7. The second-order valence-corrected chi connectivity index (χ2v) is 5.17. The Morgan fingerprint density at radius 1 is 1.37 bits per heavy atom. The molecule has 0 bridgehead atoms. The number of ether oxygens (including phenoxy) is 1. The molecule has 0 fully saturated rings. The molecule has 4 nitrogen and oxygen atoms in total. The number of amides is 1. The molecule has 0 aliphatic heterocycles. The highest BCUT2D eigenvalue weighted by atomic mass is 32.1. The molecule has 1 aromatic heterocycles. The molecule has 1 heterocycles. The molecule has 0 radical (unpaired) electrons. The van der Waals surface area contributed by atoms with Gasteiger partial charge in [-0.2, -0.15) is 0 Å². The summed E-state index contributed by atoms with van der Waals surface area (Å²) in [6, 6.07) is 9.86. The van der Waals surface area contributed by atoms with Crippen LogP contribution in [0.15, 0.2) is 35.7 Å². The van der Waals surface area contributed by atoms with Crippen molar-refractivity contribution >= 4 is 22.4 Å². The molecule has 0 saturated heterocycles. The lowest BCUT2D eigenvalue weighted by molar-refractivity contribution is -0.121. The average Bonchev–Trinajstić information content (AvgIpc) is 2.86. The van der Waals surface area contributed by atoms with Crippen molar-refractivity contribution in [2.45, 2.75) is 20.0 Å². The van der Waals surface area contributed by atoms with E-state index in [4.69, 9.17) is 4.74 Å². The summed E-state index contributed by atoms with van der Waals surface area (Å²) < 4.78 is 5.23. The van der Waals surface area contributed by atoms with Gasteiger partial charge < -0.3 is 4.74 Å². The van der Waals surface area contributed by atoms with Gasteiger partial charge in [0, 0.05) is 10.9 Å². The lowest BCUT2D eigenvalue weighted by atomic mass is 10.2. The fraction of sp³-hybridized carbons (Fsp3) is 0.286. The minimum absolute atomic E-state index is 0.0434. The molecule has 2 aromatic rings. The van der Waals surface area contributed by atoms with Gasteiger partial charge in [-0.15, -0.1) is 11.3 Å². The van der Waals surface area contributed by atoms with Crippen molar-refractivity contribution in [3.05, 3.63) is 35.7 Å². The zero-order valence-corrected chi connectivity index (χ0v) is 11.7. The van der Waals surface area contributed by atoms with Gasteiger partial charge in [0.2, 0.25) is 0 Å². The molecule has 1 N–H and O–H groups in total. The van der Waals surface area contributed by atoms with Gasteiger partial charge in [0.05, 0.1) is 11.8 Å². The summed E-state index contributed by atoms with van der Waals surface area (Å²) in [7, 11) is 0. The van der Waals surface area contributed by atoms with E-state index in [1.807, 2.05) is 49.6 Å². The molecule has 0 atom stereocenters. The maximum Gasteiger partial charge on any atom is 0.252 e. The Morgan fingerprint density at radius 2 is 2.11 bits per heavy atom. The summed E-state index contributed by atoms with van der Waals surface area (Å²) in [4.78, 5) is 16.0. The number of carbonyl (C=O) groups is 1. The first-order chi connectivity index (χ1) is 9.15. The van der Waals surface area contributed by atoms with Crippen LogP contribution in [0.2, 0.25) is 0 Å². The molecule has 1 aromatic carbocycles. The summed E-state index contributed by atoms with van der Waals surface area (Å²) in [5.74, 6) is -0.178. The number of anilines is 1. The third-order valence-electron chi connectivity index (χ3n) is 2.37. The van der Waals surface area contributed by atoms with Crippen molar-refractivity contribution in [1.82, 2.24) is 4.98 Å². The van der Waals surface area contributed by atoms with E-state index in [-0.39, 0.29) is 18.6 Å². The van der Waals surface area contributed by atoms with Crippen molar-refractivity contribution in [1.29, 1.82) is 0 Å². The maximum atomic E-state index is 11.6. The number of rotatable bonds is 5. The highest BCUT2D eigenvalue weighted by Crippen LogP contribution is 2.24. The summed E-state index contributed by atoms with van der Waals surface area (Å²) >= 11 is 1.41. The van der Waals surface area contributed by atoms with Crippen molar-refractivity contribution in [3.63, 3.8) is 0 Å². The third kappa shape index (κ3) is 4.15. The molecule has 100 valence electrons. The zero-order valence-electron chi connectivity index (χ0n) is 10.9. The van der Waals surface area contributed by atoms with Crippen LogP contribution in [0.1, 0.15) is 13.8 Å². The number of carbonyl (C=O) groups excluding carboxylic acids is 1. The van der Waals surface area contributed by atoms with Crippen LogP contribution in [0, 0.1) is 0 Å². The van der Waals surface area contributed by atoms with Crippen molar-refractivity contribution in [3.8, 4) is 11.3 Å². The SMILES string of the molecule is CC(C)OCC(=O)Nc1nc(-c2ccccc2)cs1. The third-order valence-corrected chi connectivity index (χ3v) is 3.13. The number of thiazole rings is 1. The standard InChI is InChI=1S/C14H16N2O2S/c1-10(2)18-8-13(17)16-14-15-12(9-19-14)11-6-4-3-5-7-11/h3-7,9-10H,8H2,1-2H3,(H,15,16,17). The molecule has 1 amide bonds. The summed E-state index contributed by atoms with van der Waals surface area (Å²) in [5.41, 5.74) is 1.91. The quantitative estimate of drug-likeness (QED) is 0.912. The van der Waals surface area contributed by atoms with Gasteiger partial charge in [0.25, 0.3) is 5.91 Å². The summed E-state index contributed by atoms with van der Waals surface area (Å²) in [6.45, 7) is 3.84. The largest absolute Gasteiger partial charge is 0.369 e. The van der Waals surface area contributed by atoms with E-state index >= 15 is 0 Å². The topological polar surface area (TPSA) is 51.2 Å². The molecule has 2 rings (SSSR count). The normalized spacial score (nSPS) is 10.7. The molecular formula is C14H16N2O2S. The summed E-state index contributed by atoms with van der Waals surface area (Å²) in [5, 5.41) is 5.25. The second kappa shape index (κ2) is 6.45. The minimum atomic E-state index is -0.178. The van der Waals surface area contributed by atoms with Gasteiger partial charge in [0.1, 0.15) is 6.61 Å². The molecule has 0 spiro atoms. The van der Waals surface area contributed by atoms with Gasteiger partial charge in [-0.05, 0) is 13.8 Å². The van der Waals surface area contributed by atoms with E-state index < -0.39 is 0 Å². The average molecular weight is 276 g/mol. The van der Waals surface area contributed by atoms with Gasteiger partial charge in [-0.25, -0.2) is 4.98 Å². The van der Waals surface area contributed by atoms with E-state index in [9.17, 15) is 4.79 Å². The van der Waals surface area contributed by atoms with E-state index in [0.29, 0.717) is 5.13 Å². The van der Waals surface area contributed by atoms with E-state index in [0.717, 1.165) is 11.3 Å². The Bertz CT molecular complexity index is 537. The zero-order chi connectivity index (χ0) is 13.7. The van der Waals surface area contributed by atoms with E-state index in [1.54, 1.807) is 0 Å². The lowest BCUT2D eigenvalue weighted by Gasteiger charge is -2.06. The fourth-order valence-electron chi connectivity index (χ4n) is 1.47. The monoisotopic (exact) mass is 276 g/mol. The molecular weight excluding hydrogens is 260 g/mol. The summed E-state index contributed by atoms with van der Waals surface area (Å²) in [6.07, 6.45) is 0.0434. The molecule has 0 saturated carbocycles. The minimum Gasteiger partial charge on any atom is -0.369 e. The molecule has 0 aliphatic rings. The second-order valence-electron chi connectivity index (χ2n) is 4.31. The van der Waals surface area contributed by atoms with Crippen LogP contribution >= 0.6 is 11.3 Å². The fourth-order valence-corrected chi connectivity index (χ4v) is 2.21. The highest BCUT2D eigenvalue weighted by Gasteiger charge is 2.08. The van der Waals surface area contributed by atoms with E-state index in [2.05, 4.69) is 10.3 Å². The highest BCUT2D eigenvalue weighted by molar-refractivity contribution is 7.14. The van der Waals surface area contributed by atoms with Crippen molar-refractivity contribution < 1.29 is 9.53 Å². The van der Waals surface area contributed by atoms with Crippen LogP contribution in [0.4, 0.5) is 5.13 Å². The van der Waals surface area contributed by atoms with Crippen LogP contribution in [0.25, 0.3) is 11.3 Å². The van der Waals surface area contributed by atoms with Crippen LogP contribution in [0.3, 0.4) is 0 Å². The van der Waals surface area contributed by atoms with Crippen LogP contribution in [-0.2, 0) is 9.53 Å². The van der Waals surface area contributed by atoms with Gasteiger partial charge in [-0.1, -0.05) is 30.3 Å². The van der Waals surface area contributed by atoms with Crippen LogP contribution in [0.5, 0.6) is 0 Å². The van der Waals surface area contributed by atoms with Gasteiger partial charge in [0.15, 0.2) is 5.13 Å². The Morgan fingerprint density at radius 3 is 2.79 bits per heavy atom. The Labute approximate surface area is 116 Å². The van der Waals surface area contributed by atoms with E-state index in [1.165, 1.54) is 11.3 Å². The first-order valence-electron chi connectivity index (χ1n) is 6.07. The molecule has 0 unspecified atom stereocenters. The predicted octanol–water partition coefficient (Wildman–Crippen LogP) is 3.17. The Balaban J connectivity index is 1.96.